The van der Waals surface area contributed by atoms with Gasteiger partial charge in [-0.25, -0.2) is 4.79 Å². The van der Waals surface area contributed by atoms with E-state index in [1.165, 1.54) is 19.9 Å². The lowest BCUT2D eigenvalue weighted by atomic mass is 10.1. The van der Waals surface area contributed by atoms with Crippen molar-refractivity contribution in [3.05, 3.63) is 52.4 Å². The summed E-state index contributed by atoms with van der Waals surface area (Å²) in [5, 5.41) is 2.59. The van der Waals surface area contributed by atoms with Crippen LogP contribution in [0.5, 0.6) is 0 Å². The Morgan fingerprint density at radius 1 is 1.22 bits per heavy atom. The molecule has 2 rings (SSSR count). The molecule has 0 bridgehead atoms. The number of rotatable bonds is 5. The Morgan fingerprint density at radius 2 is 1.96 bits per heavy atom. The van der Waals surface area contributed by atoms with Gasteiger partial charge in [-0.3, -0.25) is 9.59 Å². The summed E-state index contributed by atoms with van der Waals surface area (Å²) in [6, 6.07) is 9.49. The fourth-order valence-electron chi connectivity index (χ4n) is 1.76. The van der Waals surface area contributed by atoms with E-state index >= 15 is 0 Å². The van der Waals surface area contributed by atoms with Gasteiger partial charge in [0, 0.05) is 11.3 Å². The average Bonchev–Trinajstić information content (AvgIpc) is 2.94. The van der Waals surface area contributed by atoms with Gasteiger partial charge in [-0.1, -0.05) is 12.1 Å². The van der Waals surface area contributed by atoms with Crippen molar-refractivity contribution in [3.8, 4) is 0 Å². The molecule has 6 nitrogen and oxygen atoms in total. The van der Waals surface area contributed by atoms with Gasteiger partial charge in [0.05, 0.1) is 0 Å². The Labute approximate surface area is 140 Å². The first-order chi connectivity index (χ1) is 10.9. The summed E-state index contributed by atoms with van der Waals surface area (Å²) in [6.45, 7) is 2.88. The minimum atomic E-state index is -1.02. The number of amides is 1. The Morgan fingerprint density at radius 3 is 2.57 bits per heavy atom. The average molecular weight is 380 g/mol. The number of ketones is 1. The van der Waals surface area contributed by atoms with Gasteiger partial charge in [-0.05, 0) is 54.0 Å². The molecule has 1 heterocycles. The molecule has 0 unspecified atom stereocenters. The summed E-state index contributed by atoms with van der Waals surface area (Å²) in [7, 11) is 0. The predicted octanol–water partition coefficient (Wildman–Crippen LogP) is 3.43. The summed E-state index contributed by atoms with van der Waals surface area (Å²) < 4.78 is 10.5. The number of esters is 1. The van der Waals surface area contributed by atoms with Crippen molar-refractivity contribution >= 4 is 39.3 Å². The van der Waals surface area contributed by atoms with Crippen molar-refractivity contribution in [2.45, 2.75) is 20.0 Å². The van der Waals surface area contributed by atoms with Crippen LogP contribution < -0.4 is 5.32 Å². The molecule has 1 atom stereocenters. The highest BCUT2D eigenvalue weighted by Crippen LogP contribution is 2.16. The quantitative estimate of drug-likeness (QED) is 0.635. The van der Waals surface area contributed by atoms with Gasteiger partial charge in [0.1, 0.15) is 0 Å². The number of nitrogens with one attached hydrogen (secondary N) is 1. The van der Waals surface area contributed by atoms with Crippen LogP contribution in [-0.4, -0.2) is 23.8 Å². The highest BCUT2D eigenvalue weighted by molar-refractivity contribution is 9.10. The summed E-state index contributed by atoms with van der Waals surface area (Å²) in [5.41, 5.74) is 0.930. The van der Waals surface area contributed by atoms with Crippen molar-refractivity contribution < 1.29 is 23.5 Å². The molecule has 0 spiro atoms. The Balaban J connectivity index is 1.98. The van der Waals surface area contributed by atoms with Gasteiger partial charge in [-0.2, -0.15) is 0 Å². The molecule has 7 heteroatoms. The molecule has 0 saturated carbocycles. The van der Waals surface area contributed by atoms with Crippen molar-refractivity contribution in [1.29, 1.82) is 0 Å². The number of furan rings is 1. The van der Waals surface area contributed by atoms with E-state index in [4.69, 9.17) is 9.15 Å². The van der Waals surface area contributed by atoms with Crippen LogP contribution in [0.4, 0.5) is 5.69 Å². The zero-order chi connectivity index (χ0) is 17.0. The molecule has 0 aliphatic heterocycles. The number of ether oxygens (including phenoxy) is 1. The minimum Gasteiger partial charge on any atom is -0.447 e. The molecule has 0 radical (unpaired) electrons. The van der Waals surface area contributed by atoms with Crippen LogP contribution in [0.2, 0.25) is 0 Å². The number of carbonyl (C=O) groups is 3. The van der Waals surface area contributed by atoms with Gasteiger partial charge < -0.3 is 14.5 Å². The van der Waals surface area contributed by atoms with Crippen LogP contribution in [-0.2, 0) is 9.53 Å². The number of Topliss-reactive ketones (excluding diaryl/α,β-unsaturated/α-hetero) is 1. The number of halogens is 1. The van der Waals surface area contributed by atoms with Crippen molar-refractivity contribution in [2.24, 2.45) is 0 Å². The van der Waals surface area contributed by atoms with E-state index in [-0.39, 0.29) is 11.5 Å². The van der Waals surface area contributed by atoms with E-state index < -0.39 is 18.0 Å². The summed E-state index contributed by atoms with van der Waals surface area (Å²) >= 11 is 3.08. The maximum atomic E-state index is 12.1. The molecular weight excluding hydrogens is 366 g/mol. The summed E-state index contributed by atoms with van der Waals surface area (Å²) in [5.74, 6) is -1.36. The van der Waals surface area contributed by atoms with E-state index in [2.05, 4.69) is 21.2 Å². The molecule has 0 aliphatic rings. The molecule has 1 aromatic heterocycles. The van der Waals surface area contributed by atoms with Crippen LogP contribution in [0.3, 0.4) is 0 Å². The largest absolute Gasteiger partial charge is 0.447 e. The standard InChI is InChI=1S/C16H14BrNO5/c1-9(19)11-4-3-5-12(8-11)18-15(20)10(2)22-16(21)13-6-7-14(17)23-13/h3-8,10H,1-2H3,(H,18,20)/t10-/m1/s1. The van der Waals surface area contributed by atoms with Crippen molar-refractivity contribution in [3.63, 3.8) is 0 Å². The third-order valence-electron chi connectivity index (χ3n) is 2.96. The van der Waals surface area contributed by atoms with Crippen molar-refractivity contribution in [2.75, 3.05) is 5.32 Å². The zero-order valence-electron chi connectivity index (χ0n) is 12.5. The summed E-state index contributed by atoms with van der Waals surface area (Å²) in [4.78, 5) is 35.2. The predicted molar refractivity (Wildman–Crippen MR) is 86.4 cm³/mol. The van der Waals surface area contributed by atoms with Crippen LogP contribution in [0.25, 0.3) is 0 Å². The fourth-order valence-corrected chi connectivity index (χ4v) is 2.06. The summed E-state index contributed by atoms with van der Waals surface area (Å²) in [6.07, 6.45) is -1.02. The monoisotopic (exact) mass is 379 g/mol. The smallest absolute Gasteiger partial charge is 0.375 e. The maximum absolute atomic E-state index is 12.1. The molecule has 0 saturated heterocycles. The zero-order valence-corrected chi connectivity index (χ0v) is 14.0. The SMILES string of the molecule is CC(=O)c1cccc(NC(=O)[C@@H](C)OC(=O)c2ccc(Br)o2)c1. The topological polar surface area (TPSA) is 85.6 Å². The normalized spacial score (nSPS) is 11.6. The first-order valence-electron chi connectivity index (χ1n) is 6.75. The van der Waals surface area contributed by atoms with Crippen LogP contribution in [0.15, 0.2) is 45.5 Å². The maximum Gasteiger partial charge on any atom is 0.375 e. The lowest BCUT2D eigenvalue weighted by Gasteiger charge is -2.13. The van der Waals surface area contributed by atoms with Crippen LogP contribution in [0, 0.1) is 0 Å². The first kappa shape index (κ1) is 17.0. The van der Waals surface area contributed by atoms with E-state index in [1.54, 1.807) is 30.3 Å². The number of anilines is 1. The number of hydrogen-bond donors (Lipinski definition) is 1. The van der Waals surface area contributed by atoms with Crippen LogP contribution in [0.1, 0.15) is 34.8 Å². The Hall–Kier alpha value is -2.41. The van der Waals surface area contributed by atoms with Gasteiger partial charge in [0.2, 0.25) is 5.76 Å². The lowest BCUT2D eigenvalue weighted by molar-refractivity contribution is -0.123. The highest BCUT2D eigenvalue weighted by Gasteiger charge is 2.21. The Kier molecular flexibility index (Phi) is 5.33. The first-order valence-corrected chi connectivity index (χ1v) is 7.54. The van der Waals surface area contributed by atoms with Crippen molar-refractivity contribution in [1.82, 2.24) is 0 Å². The molecule has 1 amide bonds. The second-order valence-electron chi connectivity index (χ2n) is 4.78. The van der Waals surface area contributed by atoms with Gasteiger partial charge in [0.25, 0.3) is 5.91 Å². The van der Waals surface area contributed by atoms with E-state index in [0.717, 1.165) is 0 Å². The fraction of sp³-hybridized carbons (Fsp3) is 0.188. The molecule has 1 aromatic carbocycles. The van der Waals surface area contributed by atoms with E-state index in [9.17, 15) is 14.4 Å². The molecule has 120 valence electrons. The minimum absolute atomic E-state index is 0.00454. The molecular formula is C16H14BrNO5. The van der Waals surface area contributed by atoms with Gasteiger partial charge in [0.15, 0.2) is 16.6 Å². The number of carbonyl (C=O) groups excluding carboxylic acids is 3. The third-order valence-corrected chi connectivity index (χ3v) is 3.39. The van der Waals surface area contributed by atoms with E-state index in [1.807, 2.05) is 0 Å². The molecule has 1 N–H and O–H groups in total. The van der Waals surface area contributed by atoms with Crippen LogP contribution >= 0.6 is 15.9 Å². The second-order valence-corrected chi connectivity index (χ2v) is 5.56. The third kappa shape index (κ3) is 4.53. The molecule has 0 aliphatic carbocycles. The molecule has 2 aromatic rings. The molecule has 23 heavy (non-hydrogen) atoms. The molecule has 0 fully saturated rings. The Bertz CT molecular complexity index is 752. The number of benzene rings is 1. The second kappa shape index (κ2) is 7.23. The lowest BCUT2D eigenvalue weighted by Crippen LogP contribution is -2.29. The van der Waals surface area contributed by atoms with Gasteiger partial charge >= 0.3 is 5.97 Å². The van der Waals surface area contributed by atoms with Gasteiger partial charge in [-0.15, -0.1) is 0 Å². The highest BCUT2D eigenvalue weighted by atomic mass is 79.9. The number of hydrogen-bond acceptors (Lipinski definition) is 5. The van der Waals surface area contributed by atoms with E-state index in [0.29, 0.717) is 15.9 Å².